The van der Waals surface area contributed by atoms with Crippen molar-refractivity contribution < 1.29 is 45.3 Å². The Morgan fingerprint density at radius 1 is 0.851 bits per heavy atom. The van der Waals surface area contributed by atoms with Gasteiger partial charge in [0.1, 0.15) is 40.0 Å². The molecule has 0 spiro atoms. The number of rotatable bonds is 15. The summed E-state index contributed by atoms with van der Waals surface area (Å²) in [5.74, 6) is -3.43. The maximum atomic E-state index is 13.0. The first-order chi connectivity index (χ1) is 31.9. The largest absolute Gasteiger partial charge is 0.508 e. The number of benzene rings is 4. The molecule has 16 heteroatoms. The monoisotopic (exact) mass is 943 g/mol. The van der Waals surface area contributed by atoms with Crippen LogP contribution in [0.5, 0.6) is 11.5 Å². The van der Waals surface area contributed by atoms with Crippen LogP contribution in [0.2, 0.25) is 0 Å². The van der Waals surface area contributed by atoms with Gasteiger partial charge in [0.05, 0.1) is 47.5 Å². The molecule has 5 aromatic rings. The summed E-state index contributed by atoms with van der Waals surface area (Å²) < 4.78 is 94.6. The maximum Gasteiger partial charge on any atom is 0.453 e. The number of phenols is 1. The smallest absolute Gasteiger partial charge is 0.453 e. The Hall–Kier alpha value is -5.84. The van der Waals surface area contributed by atoms with E-state index in [-0.39, 0.29) is 41.4 Å². The Morgan fingerprint density at radius 2 is 1.49 bits per heavy atom. The fraction of sp³-hybridized carbons (Fsp3) is 0.451. The summed E-state index contributed by atoms with van der Waals surface area (Å²) in [5.41, 5.74) is 6.77. The second-order valence-corrected chi connectivity index (χ2v) is 20.6. The number of aromatic hydroxyl groups is 1. The van der Waals surface area contributed by atoms with Crippen LogP contribution < -0.4 is 4.74 Å². The van der Waals surface area contributed by atoms with Crippen LogP contribution in [0.15, 0.2) is 104 Å². The molecule has 8 rings (SSSR count). The zero-order valence-corrected chi connectivity index (χ0v) is 37.9. The molecule has 10 nitrogen and oxygen atoms in total. The number of fused-ring (bicyclic) bond motifs is 5. The number of unbranched alkanes of at least 4 members (excludes halogenated alkanes) is 2. The molecule has 67 heavy (non-hydrogen) atoms. The van der Waals surface area contributed by atoms with Crippen LogP contribution in [0.25, 0.3) is 0 Å². The zero-order valence-electron chi connectivity index (χ0n) is 37.1. The molecule has 0 unspecified atom stereocenters. The third-order valence-electron chi connectivity index (χ3n) is 14.1. The Kier molecular flexibility index (Phi) is 15.1. The molecular formula is C51H54F5N5O5S. The molecule has 3 aliphatic carbocycles. The predicted octanol–water partition coefficient (Wildman–Crippen LogP) is 10.6. The van der Waals surface area contributed by atoms with E-state index in [1.165, 1.54) is 23.0 Å². The minimum Gasteiger partial charge on any atom is -0.508 e. The van der Waals surface area contributed by atoms with Crippen LogP contribution in [0.1, 0.15) is 122 Å². The number of aliphatic hydroxyl groups is 1. The van der Waals surface area contributed by atoms with Crippen molar-refractivity contribution in [3.8, 4) is 23.6 Å². The lowest BCUT2D eigenvalue weighted by Gasteiger charge is -2.54. The molecular weight excluding hydrogens is 890 g/mol. The van der Waals surface area contributed by atoms with E-state index in [0.29, 0.717) is 54.1 Å². The quantitative estimate of drug-likeness (QED) is 0.0768. The van der Waals surface area contributed by atoms with Gasteiger partial charge < -0.3 is 14.9 Å². The molecule has 2 saturated carbocycles. The molecule has 3 aliphatic rings. The SMILES string of the molecule is C[C@]12C[C@H](c3ccc(OCCCCCS(=O)(=O)CCCC(F)(F)C(F)(F)F)cc3)[C@@H]3c4ccc(O)cc4CC[C@H]3[C@@H]1CC[C@@H]2O.N#Cc1ccc(C(c2ccc(C#N)cc2)n2cncn2)cc1. The van der Waals surface area contributed by atoms with Crippen LogP contribution in [0.4, 0.5) is 22.0 Å². The van der Waals surface area contributed by atoms with Gasteiger partial charge >= 0.3 is 12.1 Å². The highest BCUT2D eigenvalue weighted by Gasteiger charge is 2.58. The lowest BCUT2D eigenvalue weighted by Crippen LogP contribution is -2.47. The molecule has 1 aromatic heterocycles. The Morgan fingerprint density at radius 3 is 2.09 bits per heavy atom. The first-order valence-corrected chi connectivity index (χ1v) is 24.5. The number of aliphatic hydroxyl groups excluding tert-OH is 1. The summed E-state index contributed by atoms with van der Waals surface area (Å²) in [4.78, 5) is 4.01. The normalized spacial score (nSPS) is 22.3. The number of aryl methyl sites for hydroxylation is 1. The standard InChI is InChI=1S/C34H43F5O5S.C17H11N5/c1-32-21-28(31-26-13-9-24(40)20-23(26)8-12-27(31)29(32)14-15-30(32)41)22-6-10-25(11-7-22)44-17-3-2-4-18-45(42,43)19-5-16-33(35,36)34(37,38)39;18-9-13-1-5-15(6-2-13)17(22-12-20-11-21-22)16-7-3-14(10-19)4-8-16/h6-7,9-11,13,20,27-31,40-41H,2-5,8,12,14-19,21H2,1H3;1-8,11-12,17H/t27-,28+,29-,30-,31+,32-;/m0./s1. The fourth-order valence-corrected chi connectivity index (χ4v) is 12.1. The number of phenolic OH excluding ortho intramolecular Hbond substituents is 1. The molecule has 354 valence electrons. The lowest BCUT2D eigenvalue weighted by molar-refractivity contribution is -0.284. The van der Waals surface area contributed by atoms with Gasteiger partial charge in [0.2, 0.25) is 0 Å². The van der Waals surface area contributed by atoms with Crippen molar-refractivity contribution in [1.82, 2.24) is 14.8 Å². The molecule has 0 bridgehead atoms. The number of aromatic nitrogens is 3. The third kappa shape index (κ3) is 11.3. The number of sulfone groups is 1. The fourth-order valence-electron chi connectivity index (χ4n) is 10.7. The number of alkyl halides is 5. The van der Waals surface area contributed by atoms with Gasteiger partial charge in [-0.3, -0.25) is 0 Å². The summed E-state index contributed by atoms with van der Waals surface area (Å²) in [5, 5.41) is 43.3. The average Bonchev–Trinajstić information content (AvgIpc) is 3.95. The van der Waals surface area contributed by atoms with Crippen LogP contribution >= 0.6 is 0 Å². The number of halogens is 5. The van der Waals surface area contributed by atoms with E-state index >= 15 is 0 Å². The third-order valence-corrected chi connectivity index (χ3v) is 15.9. The number of hydrogen-bond donors (Lipinski definition) is 2. The topological polar surface area (TPSA) is 162 Å². The molecule has 2 N–H and O–H groups in total. The second kappa shape index (κ2) is 20.6. The molecule has 6 atom stereocenters. The van der Waals surface area contributed by atoms with Crippen molar-refractivity contribution in [3.05, 3.63) is 143 Å². The highest BCUT2D eigenvalue weighted by molar-refractivity contribution is 7.91. The van der Waals surface area contributed by atoms with Gasteiger partial charge in [-0.1, -0.05) is 49.4 Å². The highest BCUT2D eigenvalue weighted by atomic mass is 32.2. The minimum atomic E-state index is -5.68. The van der Waals surface area contributed by atoms with Crippen LogP contribution in [0.3, 0.4) is 0 Å². The van der Waals surface area contributed by atoms with Gasteiger partial charge in [0, 0.05) is 6.42 Å². The predicted molar refractivity (Wildman–Crippen MR) is 241 cm³/mol. The van der Waals surface area contributed by atoms with E-state index in [2.05, 4.69) is 47.3 Å². The van der Waals surface area contributed by atoms with E-state index in [4.69, 9.17) is 15.3 Å². The van der Waals surface area contributed by atoms with E-state index in [1.807, 2.05) is 42.5 Å². The van der Waals surface area contributed by atoms with Gasteiger partial charge in [-0.2, -0.15) is 37.6 Å². The molecule has 0 saturated heterocycles. The van der Waals surface area contributed by atoms with E-state index < -0.39 is 40.5 Å². The maximum absolute atomic E-state index is 13.0. The molecule has 2 fully saturated rings. The first kappa shape index (κ1) is 49.1. The van der Waals surface area contributed by atoms with Gasteiger partial charge in [-0.25, -0.2) is 18.1 Å². The first-order valence-electron chi connectivity index (χ1n) is 22.6. The molecule has 0 amide bonds. The Bertz CT molecular complexity index is 2580. The lowest BCUT2D eigenvalue weighted by atomic mass is 9.51. The zero-order chi connectivity index (χ0) is 48.0. The summed E-state index contributed by atoms with van der Waals surface area (Å²) in [6, 6.07) is 32.6. The van der Waals surface area contributed by atoms with E-state index in [0.717, 1.165) is 43.2 Å². The highest BCUT2D eigenvalue weighted by Crippen LogP contribution is 2.65. The number of nitrogens with zero attached hydrogens (tertiary/aromatic N) is 5. The number of ether oxygens (including phenoxy) is 1. The van der Waals surface area contributed by atoms with Gasteiger partial charge in [-0.15, -0.1) is 0 Å². The van der Waals surface area contributed by atoms with E-state index in [9.17, 15) is 40.6 Å². The second-order valence-electron chi connectivity index (χ2n) is 18.3. The summed E-state index contributed by atoms with van der Waals surface area (Å²) >= 11 is 0. The van der Waals surface area contributed by atoms with Crippen molar-refractivity contribution in [2.75, 3.05) is 18.1 Å². The summed E-state index contributed by atoms with van der Waals surface area (Å²) in [6.07, 6.45) is 0.948. The van der Waals surface area contributed by atoms with Gasteiger partial charge in [0.15, 0.2) is 0 Å². The van der Waals surface area contributed by atoms with Crippen LogP contribution in [-0.2, 0) is 16.3 Å². The minimum absolute atomic E-state index is 0.142. The Balaban J connectivity index is 0.000000252. The van der Waals surface area contributed by atoms with Crippen molar-refractivity contribution in [3.63, 3.8) is 0 Å². The van der Waals surface area contributed by atoms with E-state index in [1.54, 1.807) is 41.3 Å². The van der Waals surface area contributed by atoms with Crippen molar-refractivity contribution in [2.24, 2.45) is 17.3 Å². The van der Waals surface area contributed by atoms with Crippen molar-refractivity contribution >= 4 is 9.84 Å². The molecule has 1 heterocycles. The van der Waals surface area contributed by atoms with Crippen molar-refractivity contribution in [1.29, 1.82) is 10.5 Å². The average molecular weight is 944 g/mol. The number of nitriles is 2. The van der Waals surface area contributed by atoms with Gasteiger partial charge in [0.25, 0.3) is 0 Å². The van der Waals surface area contributed by atoms with Crippen LogP contribution in [0, 0.1) is 39.9 Å². The van der Waals surface area contributed by atoms with Crippen molar-refractivity contribution in [2.45, 2.75) is 107 Å². The molecule has 4 aromatic carbocycles. The van der Waals surface area contributed by atoms with Crippen LogP contribution in [-0.4, -0.2) is 69.7 Å². The Labute approximate surface area is 388 Å². The summed E-state index contributed by atoms with van der Waals surface area (Å²) in [6.45, 7) is 2.61. The van der Waals surface area contributed by atoms with Gasteiger partial charge in [-0.05, 0) is 163 Å². The molecule has 0 aliphatic heterocycles. The summed E-state index contributed by atoms with van der Waals surface area (Å²) in [7, 11) is -3.72. The molecule has 0 radical (unpaired) electrons. The number of hydrogen-bond acceptors (Lipinski definition) is 9.